The van der Waals surface area contributed by atoms with E-state index in [4.69, 9.17) is 0 Å². The first-order chi connectivity index (χ1) is 7.54. The first kappa shape index (κ1) is 13.5. The topological polar surface area (TPSA) is 24.9 Å². The highest BCUT2D eigenvalue weighted by Gasteiger charge is 2.09. The Hall–Kier alpha value is -0.540. The van der Waals surface area contributed by atoms with E-state index in [0.717, 1.165) is 5.69 Å². The minimum atomic E-state index is 0.321. The second-order valence-electron chi connectivity index (χ2n) is 4.50. The summed E-state index contributed by atoms with van der Waals surface area (Å²) in [6.45, 7) is 8.89. The van der Waals surface area contributed by atoms with Gasteiger partial charge in [-0.05, 0) is 32.0 Å². The maximum Gasteiger partial charge on any atom is 0.0571 e. The first-order valence-corrected chi connectivity index (χ1v) is 6.72. The smallest absolute Gasteiger partial charge is 0.0571 e. The van der Waals surface area contributed by atoms with Gasteiger partial charge in [-0.15, -0.1) is 11.8 Å². The fourth-order valence-corrected chi connectivity index (χ4v) is 2.18. The Bertz CT molecular complexity index is 308. The Morgan fingerprint density at radius 3 is 2.31 bits per heavy atom. The molecule has 1 heterocycles. The van der Waals surface area contributed by atoms with Gasteiger partial charge in [-0.1, -0.05) is 20.8 Å². The summed E-state index contributed by atoms with van der Waals surface area (Å²) in [6, 6.07) is 4.59. The Labute approximate surface area is 103 Å². The molecule has 1 aromatic heterocycles. The van der Waals surface area contributed by atoms with Gasteiger partial charge in [0.2, 0.25) is 0 Å². The summed E-state index contributed by atoms with van der Waals surface area (Å²) in [7, 11) is 1.95. The summed E-state index contributed by atoms with van der Waals surface area (Å²) in [5, 5.41) is 3.82. The van der Waals surface area contributed by atoms with Crippen LogP contribution in [0.2, 0.25) is 0 Å². The second kappa shape index (κ2) is 6.26. The molecule has 90 valence electrons. The molecule has 1 aromatic rings. The molecule has 0 saturated heterocycles. The normalized spacial score (nSPS) is 15.1. The minimum absolute atomic E-state index is 0.321. The molecule has 3 heteroatoms. The van der Waals surface area contributed by atoms with Gasteiger partial charge in [-0.3, -0.25) is 4.98 Å². The number of hydrogen-bond donors (Lipinski definition) is 1. The van der Waals surface area contributed by atoms with Gasteiger partial charge in [0, 0.05) is 22.4 Å². The van der Waals surface area contributed by atoms with Crippen molar-refractivity contribution in [2.45, 2.75) is 43.9 Å². The predicted molar refractivity (Wildman–Crippen MR) is 71.9 cm³/mol. The zero-order valence-electron chi connectivity index (χ0n) is 10.8. The van der Waals surface area contributed by atoms with Gasteiger partial charge in [-0.25, -0.2) is 0 Å². The highest BCUT2D eigenvalue weighted by Crippen LogP contribution is 2.27. The molecular formula is C13H22N2S. The predicted octanol–water partition coefficient (Wildman–Crippen LogP) is 3.50. The Kier molecular flexibility index (Phi) is 5.29. The van der Waals surface area contributed by atoms with E-state index in [1.54, 1.807) is 0 Å². The zero-order valence-corrected chi connectivity index (χ0v) is 11.6. The van der Waals surface area contributed by atoms with Crippen molar-refractivity contribution in [3.63, 3.8) is 0 Å². The summed E-state index contributed by atoms with van der Waals surface area (Å²) < 4.78 is 0. The molecule has 2 unspecified atom stereocenters. The molecule has 16 heavy (non-hydrogen) atoms. The first-order valence-electron chi connectivity index (χ1n) is 5.84. The van der Waals surface area contributed by atoms with E-state index in [2.05, 4.69) is 50.1 Å². The molecule has 0 fully saturated rings. The van der Waals surface area contributed by atoms with Crippen LogP contribution < -0.4 is 5.32 Å². The largest absolute Gasteiger partial charge is 0.312 e. The number of hydrogen-bond acceptors (Lipinski definition) is 3. The van der Waals surface area contributed by atoms with Crippen LogP contribution in [-0.2, 0) is 0 Å². The van der Waals surface area contributed by atoms with Crippen molar-refractivity contribution in [1.82, 2.24) is 10.3 Å². The molecule has 0 aromatic carbocycles. The molecule has 0 radical (unpaired) electrons. The molecule has 1 rings (SSSR count). The van der Waals surface area contributed by atoms with Crippen LogP contribution in [0.1, 0.15) is 39.4 Å². The molecule has 0 aliphatic carbocycles. The van der Waals surface area contributed by atoms with E-state index in [1.807, 2.05) is 25.0 Å². The van der Waals surface area contributed by atoms with Gasteiger partial charge < -0.3 is 5.32 Å². The van der Waals surface area contributed by atoms with Crippen LogP contribution in [-0.4, -0.2) is 17.3 Å². The van der Waals surface area contributed by atoms with E-state index < -0.39 is 0 Å². The summed E-state index contributed by atoms with van der Waals surface area (Å²) in [4.78, 5) is 5.74. The number of aromatic nitrogens is 1. The lowest BCUT2D eigenvalue weighted by molar-refractivity contribution is 0.630. The zero-order chi connectivity index (χ0) is 12.1. The molecule has 0 spiro atoms. The Morgan fingerprint density at radius 1 is 1.19 bits per heavy atom. The van der Waals surface area contributed by atoms with Crippen molar-refractivity contribution in [3.05, 3.63) is 24.0 Å². The van der Waals surface area contributed by atoms with Gasteiger partial charge >= 0.3 is 0 Å². The Balaban J connectivity index is 2.64. The molecular weight excluding hydrogens is 216 g/mol. The summed E-state index contributed by atoms with van der Waals surface area (Å²) in [6.07, 6.45) is 1.98. The van der Waals surface area contributed by atoms with Crippen LogP contribution in [0.25, 0.3) is 0 Å². The molecule has 1 N–H and O–H groups in total. The number of pyridine rings is 1. The van der Waals surface area contributed by atoms with E-state index in [-0.39, 0.29) is 0 Å². The fourth-order valence-electron chi connectivity index (χ4n) is 1.22. The Morgan fingerprint density at radius 2 is 1.88 bits per heavy atom. The lowest BCUT2D eigenvalue weighted by Crippen LogP contribution is -2.13. The number of nitrogens with zero attached hydrogens (tertiary/aromatic N) is 1. The van der Waals surface area contributed by atoms with Crippen molar-refractivity contribution in [2.75, 3.05) is 7.05 Å². The van der Waals surface area contributed by atoms with Crippen LogP contribution in [0, 0.1) is 5.92 Å². The van der Waals surface area contributed by atoms with Crippen molar-refractivity contribution < 1.29 is 0 Å². The van der Waals surface area contributed by atoms with Crippen LogP contribution in [0.4, 0.5) is 0 Å². The monoisotopic (exact) mass is 238 g/mol. The van der Waals surface area contributed by atoms with E-state index in [0.29, 0.717) is 17.2 Å². The van der Waals surface area contributed by atoms with Gasteiger partial charge in [0.25, 0.3) is 0 Å². The van der Waals surface area contributed by atoms with E-state index in [9.17, 15) is 0 Å². The van der Waals surface area contributed by atoms with Crippen LogP contribution >= 0.6 is 11.8 Å². The molecule has 0 bridgehead atoms. The van der Waals surface area contributed by atoms with Crippen molar-refractivity contribution >= 4 is 11.8 Å². The SMILES string of the molecule is CNC(C)c1ccc(SC(C)C(C)C)cn1. The van der Waals surface area contributed by atoms with Crippen LogP contribution in [0.5, 0.6) is 0 Å². The third kappa shape index (κ3) is 3.80. The second-order valence-corrected chi connectivity index (χ2v) is 5.95. The number of rotatable bonds is 5. The summed E-state index contributed by atoms with van der Waals surface area (Å²) in [5.74, 6) is 0.695. The average molecular weight is 238 g/mol. The molecule has 0 saturated carbocycles. The number of nitrogens with one attached hydrogen (secondary N) is 1. The average Bonchev–Trinajstić information content (AvgIpc) is 2.28. The van der Waals surface area contributed by atoms with E-state index >= 15 is 0 Å². The molecule has 0 aliphatic heterocycles. The molecule has 2 atom stereocenters. The van der Waals surface area contributed by atoms with Crippen molar-refractivity contribution in [2.24, 2.45) is 5.92 Å². The fraction of sp³-hybridized carbons (Fsp3) is 0.615. The van der Waals surface area contributed by atoms with Crippen LogP contribution in [0.15, 0.2) is 23.2 Å². The molecule has 0 amide bonds. The lowest BCUT2D eigenvalue weighted by atomic mass is 10.2. The summed E-state index contributed by atoms with van der Waals surface area (Å²) in [5.41, 5.74) is 1.10. The minimum Gasteiger partial charge on any atom is -0.312 e. The van der Waals surface area contributed by atoms with Gasteiger partial charge in [0.15, 0.2) is 0 Å². The number of thioether (sulfide) groups is 1. The third-order valence-electron chi connectivity index (χ3n) is 2.90. The maximum atomic E-state index is 4.48. The van der Waals surface area contributed by atoms with Gasteiger partial charge in [-0.2, -0.15) is 0 Å². The van der Waals surface area contributed by atoms with E-state index in [1.165, 1.54) is 4.90 Å². The third-order valence-corrected chi connectivity index (χ3v) is 4.33. The maximum absolute atomic E-state index is 4.48. The molecule has 0 aliphatic rings. The van der Waals surface area contributed by atoms with Crippen molar-refractivity contribution in [1.29, 1.82) is 0 Å². The van der Waals surface area contributed by atoms with Crippen LogP contribution in [0.3, 0.4) is 0 Å². The highest BCUT2D eigenvalue weighted by molar-refractivity contribution is 8.00. The molecule has 2 nitrogen and oxygen atoms in total. The quantitative estimate of drug-likeness (QED) is 0.795. The van der Waals surface area contributed by atoms with Crippen molar-refractivity contribution in [3.8, 4) is 0 Å². The lowest BCUT2D eigenvalue weighted by Gasteiger charge is -2.15. The standard InChI is InChI=1S/C13H22N2S/c1-9(2)11(4)16-12-6-7-13(15-8-12)10(3)14-5/h6-11,14H,1-5H3. The highest BCUT2D eigenvalue weighted by atomic mass is 32.2. The van der Waals surface area contributed by atoms with Gasteiger partial charge in [0.1, 0.15) is 0 Å². The van der Waals surface area contributed by atoms with Gasteiger partial charge in [0.05, 0.1) is 5.69 Å². The summed E-state index contributed by atoms with van der Waals surface area (Å²) >= 11 is 1.90.